The van der Waals surface area contributed by atoms with Gasteiger partial charge in [-0.2, -0.15) is 0 Å². The zero-order valence-corrected chi connectivity index (χ0v) is 21.9. The van der Waals surface area contributed by atoms with Gasteiger partial charge in [0.2, 0.25) is 5.91 Å². The molecule has 1 atom stereocenters. The molecule has 3 aromatic carbocycles. The number of carbonyl (C=O) groups is 3. The first-order valence-corrected chi connectivity index (χ1v) is 13.0. The van der Waals surface area contributed by atoms with Crippen molar-refractivity contribution in [2.75, 3.05) is 25.2 Å². The third kappa shape index (κ3) is 4.10. The summed E-state index contributed by atoms with van der Waals surface area (Å²) >= 11 is 0. The number of amides is 1. The van der Waals surface area contributed by atoms with Crippen LogP contribution in [0.3, 0.4) is 0 Å². The summed E-state index contributed by atoms with van der Waals surface area (Å²) < 4.78 is 10.6. The zero-order chi connectivity index (χ0) is 26.9. The summed E-state index contributed by atoms with van der Waals surface area (Å²) in [5.74, 6) is -2.74. The minimum Gasteiger partial charge on any atom is -0.465 e. The number of hydrogen-bond acceptors (Lipinski definition) is 5. The van der Waals surface area contributed by atoms with Gasteiger partial charge in [-0.1, -0.05) is 72.8 Å². The maximum atomic E-state index is 14.5. The fourth-order valence-corrected chi connectivity index (χ4v) is 5.95. The van der Waals surface area contributed by atoms with Gasteiger partial charge in [0, 0.05) is 12.6 Å². The molecule has 1 amide bonds. The average Bonchev–Trinajstić information content (AvgIpc) is 2.94. The lowest BCUT2D eigenvalue weighted by Gasteiger charge is -2.48. The van der Waals surface area contributed by atoms with Crippen LogP contribution < -0.4 is 4.90 Å². The van der Waals surface area contributed by atoms with E-state index in [0.29, 0.717) is 6.42 Å². The molecule has 2 aliphatic rings. The van der Waals surface area contributed by atoms with Crippen LogP contribution in [-0.2, 0) is 30.3 Å². The van der Waals surface area contributed by atoms with Gasteiger partial charge in [-0.05, 0) is 60.6 Å². The number of nitrogens with zero attached hydrogens (tertiary/aromatic N) is 1. The summed E-state index contributed by atoms with van der Waals surface area (Å²) in [6.45, 7) is 3.65. The van der Waals surface area contributed by atoms with E-state index in [4.69, 9.17) is 9.47 Å². The van der Waals surface area contributed by atoms with Crippen LogP contribution in [0.5, 0.6) is 0 Å². The van der Waals surface area contributed by atoms with Crippen molar-refractivity contribution < 1.29 is 23.9 Å². The smallest absolute Gasteiger partial charge is 0.320 e. The van der Waals surface area contributed by atoms with Gasteiger partial charge in [-0.3, -0.25) is 14.4 Å². The van der Waals surface area contributed by atoms with E-state index in [0.717, 1.165) is 39.1 Å². The fourth-order valence-electron chi connectivity index (χ4n) is 5.95. The van der Waals surface area contributed by atoms with Gasteiger partial charge in [0.15, 0.2) is 5.92 Å². The molecule has 5 rings (SSSR count). The summed E-state index contributed by atoms with van der Waals surface area (Å²) in [5, 5.41) is 0. The number of anilines is 1. The highest BCUT2D eigenvalue weighted by atomic mass is 16.6. The van der Waals surface area contributed by atoms with Crippen LogP contribution in [0.15, 0.2) is 78.9 Å². The van der Waals surface area contributed by atoms with Gasteiger partial charge in [-0.15, -0.1) is 0 Å². The molecule has 0 spiro atoms. The molecule has 0 N–H and O–H groups in total. The molecule has 3 aromatic rings. The van der Waals surface area contributed by atoms with E-state index in [9.17, 15) is 14.4 Å². The molecule has 0 saturated heterocycles. The molecule has 38 heavy (non-hydrogen) atoms. The largest absolute Gasteiger partial charge is 0.465 e. The molecule has 0 bridgehead atoms. The Morgan fingerprint density at radius 2 is 1.42 bits per heavy atom. The number of carbonyl (C=O) groups excluding carboxylic acids is 3. The zero-order valence-electron chi connectivity index (χ0n) is 21.9. The number of rotatable bonds is 7. The van der Waals surface area contributed by atoms with E-state index in [1.54, 1.807) is 25.8 Å². The van der Waals surface area contributed by atoms with Crippen LogP contribution in [0.25, 0.3) is 11.1 Å². The molecule has 0 radical (unpaired) electrons. The fraction of sp³-hybridized carbons (Fsp3) is 0.281. The number of ether oxygens (including phenoxy) is 2. The van der Waals surface area contributed by atoms with Gasteiger partial charge in [0.25, 0.3) is 0 Å². The summed E-state index contributed by atoms with van der Waals surface area (Å²) in [5.41, 5.74) is 5.28. The second-order valence-electron chi connectivity index (χ2n) is 9.67. The van der Waals surface area contributed by atoms with Crippen molar-refractivity contribution in [1.29, 1.82) is 0 Å². The molecule has 6 nitrogen and oxygen atoms in total. The minimum absolute atomic E-state index is 0.0534. The normalized spacial score (nSPS) is 18.0. The predicted molar refractivity (Wildman–Crippen MR) is 146 cm³/mol. The van der Waals surface area contributed by atoms with Crippen molar-refractivity contribution in [2.24, 2.45) is 11.3 Å². The highest BCUT2D eigenvalue weighted by Crippen LogP contribution is 2.58. The van der Waals surface area contributed by atoms with Gasteiger partial charge < -0.3 is 14.4 Å². The predicted octanol–water partition coefficient (Wildman–Crippen LogP) is 5.30. The molecule has 1 aliphatic heterocycles. The Bertz CT molecular complexity index is 1410. The Hall–Kier alpha value is -4.19. The lowest BCUT2D eigenvalue weighted by molar-refractivity contribution is -0.163. The maximum Gasteiger partial charge on any atom is 0.320 e. The van der Waals surface area contributed by atoms with Crippen molar-refractivity contribution in [2.45, 2.75) is 26.7 Å². The van der Waals surface area contributed by atoms with E-state index in [-0.39, 0.29) is 25.5 Å². The number of para-hydroxylation sites is 1. The van der Waals surface area contributed by atoms with E-state index in [1.165, 1.54) is 0 Å². The average molecular weight is 510 g/mol. The number of fused-ring (bicyclic) bond motifs is 4. The molecule has 0 saturated carbocycles. The quantitative estimate of drug-likeness (QED) is 0.319. The highest BCUT2D eigenvalue weighted by molar-refractivity contribution is 6.20. The van der Waals surface area contributed by atoms with E-state index < -0.39 is 23.3 Å². The maximum absolute atomic E-state index is 14.5. The molecule has 194 valence electrons. The van der Waals surface area contributed by atoms with Crippen LogP contribution >= 0.6 is 0 Å². The van der Waals surface area contributed by atoms with E-state index >= 15 is 0 Å². The Balaban J connectivity index is 1.85. The summed E-state index contributed by atoms with van der Waals surface area (Å²) in [6.07, 6.45) is 0.295. The minimum atomic E-state index is -1.24. The van der Waals surface area contributed by atoms with Crippen molar-refractivity contribution in [3.8, 4) is 0 Å². The summed E-state index contributed by atoms with van der Waals surface area (Å²) in [4.78, 5) is 42.5. The Morgan fingerprint density at radius 3 is 2.08 bits per heavy atom. The molecule has 6 heteroatoms. The first kappa shape index (κ1) is 25.5. The molecular formula is C32H31NO5. The van der Waals surface area contributed by atoms with Gasteiger partial charge in [-0.25, -0.2) is 0 Å². The number of benzene rings is 3. The highest BCUT2D eigenvalue weighted by Gasteiger charge is 2.55. The lowest BCUT2D eigenvalue weighted by Crippen LogP contribution is -2.52. The lowest BCUT2D eigenvalue weighted by atomic mass is 9.59. The Kier molecular flexibility index (Phi) is 6.89. The van der Waals surface area contributed by atoms with Crippen LogP contribution in [0.1, 0.15) is 42.5 Å². The summed E-state index contributed by atoms with van der Waals surface area (Å²) in [7, 11) is 1.76. The summed E-state index contributed by atoms with van der Waals surface area (Å²) in [6, 6.07) is 25.9. The third-order valence-electron chi connectivity index (χ3n) is 7.51. The van der Waals surface area contributed by atoms with Crippen LogP contribution in [0.4, 0.5) is 5.69 Å². The van der Waals surface area contributed by atoms with Gasteiger partial charge >= 0.3 is 11.9 Å². The molecule has 1 aliphatic carbocycles. The monoisotopic (exact) mass is 509 g/mol. The molecule has 0 fully saturated rings. The number of hydrogen-bond donors (Lipinski definition) is 0. The first-order valence-electron chi connectivity index (χ1n) is 13.0. The van der Waals surface area contributed by atoms with Gasteiger partial charge in [0.05, 0.1) is 24.3 Å². The third-order valence-corrected chi connectivity index (χ3v) is 7.51. The Labute approximate surface area is 222 Å². The molecule has 1 heterocycles. The Morgan fingerprint density at radius 1 is 0.842 bits per heavy atom. The van der Waals surface area contributed by atoms with Crippen LogP contribution in [-0.4, -0.2) is 38.1 Å². The van der Waals surface area contributed by atoms with E-state index in [1.807, 2.05) is 72.8 Å². The second-order valence-corrected chi connectivity index (χ2v) is 9.67. The molecular weight excluding hydrogens is 478 g/mol. The van der Waals surface area contributed by atoms with Gasteiger partial charge in [0.1, 0.15) is 0 Å². The second kappa shape index (κ2) is 10.3. The van der Waals surface area contributed by atoms with E-state index in [2.05, 4.69) is 6.07 Å². The SMILES string of the molecule is CCOC(=O)C(C[C@@]12Cc3ccccc3C(c3ccccc3)=C1c1ccccc1N(C)C2=O)C(=O)OCC. The van der Waals surface area contributed by atoms with Crippen molar-refractivity contribution in [3.63, 3.8) is 0 Å². The van der Waals surface area contributed by atoms with Crippen LogP contribution in [0.2, 0.25) is 0 Å². The molecule has 0 unspecified atom stereocenters. The number of esters is 2. The van der Waals surface area contributed by atoms with Crippen molar-refractivity contribution in [3.05, 3.63) is 101 Å². The topological polar surface area (TPSA) is 72.9 Å². The molecule has 0 aromatic heterocycles. The standard InChI is InChI=1S/C32H31NO5/c1-4-37-29(34)25(30(35)38-5-2)20-32-19-22-15-9-10-16-23(22)27(21-13-7-6-8-14-21)28(32)24-17-11-12-18-26(24)33(3)31(32)36/h6-18,25H,4-5,19-20H2,1-3H3/t32-/m0/s1. The van der Waals surface area contributed by atoms with Crippen molar-refractivity contribution in [1.82, 2.24) is 0 Å². The first-order chi connectivity index (χ1) is 18.4. The van der Waals surface area contributed by atoms with Crippen LogP contribution in [0, 0.1) is 11.3 Å². The van der Waals surface area contributed by atoms with Crippen molar-refractivity contribution >= 4 is 34.7 Å².